The van der Waals surface area contributed by atoms with Gasteiger partial charge in [0.2, 0.25) is 0 Å². The maximum absolute atomic E-state index is 2.31. The van der Waals surface area contributed by atoms with Gasteiger partial charge in [0.1, 0.15) is 0 Å². The highest BCUT2D eigenvalue weighted by Gasteiger charge is 2.09. The molecule has 0 N–H and O–H groups in total. The van der Waals surface area contributed by atoms with Gasteiger partial charge in [0.25, 0.3) is 0 Å². The molecule has 2 rings (SSSR count). The van der Waals surface area contributed by atoms with E-state index >= 15 is 0 Å². The summed E-state index contributed by atoms with van der Waals surface area (Å²) in [7, 11) is 0. The van der Waals surface area contributed by atoms with Crippen molar-refractivity contribution in [3.8, 4) is 0 Å². The van der Waals surface area contributed by atoms with Gasteiger partial charge in [-0.3, -0.25) is 0 Å². The van der Waals surface area contributed by atoms with Crippen molar-refractivity contribution in [1.82, 2.24) is 0 Å². The lowest BCUT2D eigenvalue weighted by atomic mass is 9.99. The van der Waals surface area contributed by atoms with Gasteiger partial charge >= 0.3 is 0 Å². The summed E-state index contributed by atoms with van der Waals surface area (Å²) in [5.41, 5.74) is 2.89. The van der Waals surface area contributed by atoms with Gasteiger partial charge in [0.05, 0.1) is 0 Å². The van der Waals surface area contributed by atoms with Crippen LogP contribution in [0.1, 0.15) is 35.8 Å². The molecule has 0 radical (unpaired) electrons. The van der Waals surface area contributed by atoms with E-state index in [-0.39, 0.29) is 0 Å². The van der Waals surface area contributed by atoms with Crippen LogP contribution in [0.3, 0.4) is 0 Å². The molecule has 0 saturated carbocycles. The highest BCUT2D eigenvalue weighted by Crippen LogP contribution is 2.34. The molecule has 1 heterocycles. The van der Waals surface area contributed by atoms with Gasteiger partial charge in [-0.05, 0) is 42.3 Å². The molecule has 0 unspecified atom stereocenters. The number of hydrogen-bond acceptors (Lipinski definition) is 1. The van der Waals surface area contributed by atoms with Crippen molar-refractivity contribution < 1.29 is 0 Å². The second-order valence-electron chi connectivity index (χ2n) is 4.23. The lowest BCUT2D eigenvalue weighted by Crippen LogP contribution is -1.87. The SMILES string of the molecule is Cc1cc2c(C)ccc(C(C)C)c2s1. The number of rotatable bonds is 1. The molecule has 14 heavy (non-hydrogen) atoms. The Kier molecular flexibility index (Phi) is 2.36. The highest BCUT2D eigenvalue weighted by molar-refractivity contribution is 7.19. The molecule has 1 aromatic heterocycles. The van der Waals surface area contributed by atoms with Gasteiger partial charge < -0.3 is 0 Å². The Morgan fingerprint density at radius 1 is 1.14 bits per heavy atom. The first-order chi connectivity index (χ1) is 6.59. The van der Waals surface area contributed by atoms with Crippen LogP contribution in [0.2, 0.25) is 0 Å². The summed E-state index contributed by atoms with van der Waals surface area (Å²) < 4.78 is 1.48. The van der Waals surface area contributed by atoms with E-state index in [1.54, 1.807) is 0 Å². The Balaban J connectivity index is 2.81. The molecule has 2 aromatic rings. The fourth-order valence-electron chi connectivity index (χ4n) is 1.86. The first-order valence-electron chi connectivity index (χ1n) is 5.09. The summed E-state index contributed by atoms with van der Waals surface area (Å²) in [5, 5.41) is 1.44. The molecule has 0 bridgehead atoms. The molecular formula is C13H16S. The molecule has 0 atom stereocenters. The van der Waals surface area contributed by atoms with E-state index < -0.39 is 0 Å². The second-order valence-corrected chi connectivity index (χ2v) is 5.48. The van der Waals surface area contributed by atoms with Crippen LogP contribution in [0.25, 0.3) is 10.1 Å². The van der Waals surface area contributed by atoms with Crippen LogP contribution in [0.4, 0.5) is 0 Å². The average Bonchev–Trinajstić information content (AvgIpc) is 2.47. The first-order valence-corrected chi connectivity index (χ1v) is 5.91. The molecule has 0 fully saturated rings. The number of hydrogen-bond donors (Lipinski definition) is 0. The van der Waals surface area contributed by atoms with Crippen molar-refractivity contribution in [3.63, 3.8) is 0 Å². The van der Waals surface area contributed by atoms with Crippen molar-refractivity contribution in [2.45, 2.75) is 33.6 Å². The highest BCUT2D eigenvalue weighted by atomic mass is 32.1. The minimum atomic E-state index is 0.621. The van der Waals surface area contributed by atoms with Crippen LogP contribution < -0.4 is 0 Å². The lowest BCUT2D eigenvalue weighted by molar-refractivity contribution is 0.878. The van der Waals surface area contributed by atoms with Crippen molar-refractivity contribution >= 4 is 21.4 Å². The normalized spacial score (nSPS) is 11.5. The van der Waals surface area contributed by atoms with Gasteiger partial charge in [-0.2, -0.15) is 0 Å². The Morgan fingerprint density at radius 2 is 1.86 bits per heavy atom. The zero-order valence-electron chi connectivity index (χ0n) is 9.22. The molecule has 0 aliphatic rings. The van der Waals surface area contributed by atoms with Crippen molar-refractivity contribution in [3.05, 3.63) is 34.2 Å². The van der Waals surface area contributed by atoms with Crippen LogP contribution in [-0.4, -0.2) is 0 Å². The minimum absolute atomic E-state index is 0.621. The molecule has 0 aliphatic heterocycles. The summed E-state index contributed by atoms with van der Waals surface area (Å²) in [5.74, 6) is 0.621. The zero-order chi connectivity index (χ0) is 10.3. The smallest absolute Gasteiger partial charge is 0.0382 e. The Hall–Kier alpha value is -0.820. The van der Waals surface area contributed by atoms with E-state index in [1.807, 2.05) is 11.3 Å². The van der Waals surface area contributed by atoms with Gasteiger partial charge in [0, 0.05) is 9.58 Å². The summed E-state index contributed by atoms with van der Waals surface area (Å²) in [6.45, 7) is 8.91. The third-order valence-corrected chi connectivity index (χ3v) is 3.78. The molecule has 1 aromatic carbocycles. The van der Waals surface area contributed by atoms with E-state index in [2.05, 4.69) is 45.9 Å². The fraction of sp³-hybridized carbons (Fsp3) is 0.385. The lowest BCUT2D eigenvalue weighted by Gasteiger charge is -2.07. The van der Waals surface area contributed by atoms with E-state index in [0.29, 0.717) is 5.92 Å². The van der Waals surface area contributed by atoms with Crippen LogP contribution >= 0.6 is 11.3 Å². The monoisotopic (exact) mass is 204 g/mol. The van der Waals surface area contributed by atoms with Gasteiger partial charge in [0.15, 0.2) is 0 Å². The third-order valence-electron chi connectivity index (χ3n) is 2.68. The van der Waals surface area contributed by atoms with Crippen molar-refractivity contribution in [1.29, 1.82) is 0 Å². The first kappa shape index (κ1) is 9.72. The Labute approximate surface area is 89.6 Å². The predicted molar refractivity (Wildman–Crippen MR) is 65.4 cm³/mol. The van der Waals surface area contributed by atoms with E-state index in [1.165, 1.54) is 26.1 Å². The minimum Gasteiger partial charge on any atom is -0.140 e. The Morgan fingerprint density at radius 3 is 2.50 bits per heavy atom. The summed E-state index contributed by atoms with van der Waals surface area (Å²) in [4.78, 5) is 1.41. The van der Waals surface area contributed by atoms with E-state index in [9.17, 15) is 0 Å². The molecule has 0 amide bonds. The predicted octanol–water partition coefficient (Wildman–Crippen LogP) is 4.64. The largest absolute Gasteiger partial charge is 0.140 e. The van der Waals surface area contributed by atoms with Crippen LogP contribution in [-0.2, 0) is 0 Å². The topological polar surface area (TPSA) is 0 Å². The Bertz CT molecular complexity index is 463. The summed E-state index contributed by atoms with van der Waals surface area (Å²) in [6.07, 6.45) is 0. The standard InChI is InChI=1S/C13H16S/c1-8(2)11-6-5-9(3)12-7-10(4)14-13(11)12/h5-8H,1-4H3. The fourth-order valence-corrected chi connectivity index (χ4v) is 3.11. The molecule has 0 saturated heterocycles. The molecule has 0 spiro atoms. The summed E-state index contributed by atoms with van der Waals surface area (Å²) in [6, 6.07) is 6.82. The van der Waals surface area contributed by atoms with Crippen LogP contribution in [0.15, 0.2) is 18.2 Å². The maximum atomic E-state index is 2.31. The molecule has 0 aliphatic carbocycles. The molecule has 1 heteroatoms. The molecule has 0 nitrogen and oxygen atoms in total. The van der Waals surface area contributed by atoms with E-state index in [4.69, 9.17) is 0 Å². The number of aryl methyl sites for hydroxylation is 2. The number of thiophene rings is 1. The maximum Gasteiger partial charge on any atom is 0.0382 e. The van der Waals surface area contributed by atoms with Crippen LogP contribution in [0, 0.1) is 13.8 Å². The number of fused-ring (bicyclic) bond motifs is 1. The third kappa shape index (κ3) is 1.46. The molecular weight excluding hydrogens is 188 g/mol. The zero-order valence-corrected chi connectivity index (χ0v) is 10.0. The van der Waals surface area contributed by atoms with E-state index in [0.717, 1.165) is 0 Å². The van der Waals surface area contributed by atoms with Crippen molar-refractivity contribution in [2.75, 3.05) is 0 Å². The van der Waals surface area contributed by atoms with Crippen molar-refractivity contribution in [2.24, 2.45) is 0 Å². The average molecular weight is 204 g/mol. The molecule has 74 valence electrons. The number of benzene rings is 1. The summed E-state index contributed by atoms with van der Waals surface area (Å²) >= 11 is 1.92. The van der Waals surface area contributed by atoms with Gasteiger partial charge in [-0.25, -0.2) is 0 Å². The van der Waals surface area contributed by atoms with Crippen LogP contribution in [0.5, 0.6) is 0 Å². The van der Waals surface area contributed by atoms with Gasteiger partial charge in [-0.15, -0.1) is 11.3 Å². The van der Waals surface area contributed by atoms with Gasteiger partial charge in [-0.1, -0.05) is 26.0 Å². The second kappa shape index (κ2) is 3.39. The quantitative estimate of drug-likeness (QED) is 0.634.